The predicted molar refractivity (Wildman–Crippen MR) is 86.9 cm³/mol. The highest BCUT2D eigenvalue weighted by atomic mass is 32.1. The van der Waals surface area contributed by atoms with E-state index in [4.69, 9.17) is 4.52 Å². The minimum atomic E-state index is 0.490. The lowest BCUT2D eigenvalue weighted by atomic mass is 10.1. The molecule has 3 heterocycles. The summed E-state index contributed by atoms with van der Waals surface area (Å²) in [6, 6.07) is 10.2. The summed E-state index contributed by atoms with van der Waals surface area (Å²) < 4.78 is 6.78. The Labute approximate surface area is 136 Å². The molecule has 1 aromatic carbocycles. The van der Waals surface area contributed by atoms with E-state index in [1.54, 1.807) is 22.9 Å². The molecule has 4 aromatic rings. The zero-order chi connectivity index (χ0) is 15.6. The van der Waals surface area contributed by atoms with Crippen LogP contribution in [0.5, 0.6) is 0 Å². The van der Waals surface area contributed by atoms with Crippen LogP contribution in [-0.4, -0.2) is 24.9 Å². The van der Waals surface area contributed by atoms with E-state index >= 15 is 0 Å². The smallest absolute Gasteiger partial charge is 0.223 e. The Morgan fingerprint density at radius 2 is 2.13 bits per heavy atom. The number of hydrogen-bond acceptors (Lipinski definition) is 6. The van der Waals surface area contributed by atoms with Crippen molar-refractivity contribution in [1.82, 2.24) is 24.9 Å². The van der Waals surface area contributed by atoms with Gasteiger partial charge in [0.2, 0.25) is 5.89 Å². The standard InChI is InChI=1S/C16H13N5OS/c1-11-18-15(20-22-11)10-21-7-5-14(19-21)12-3-2-4-13(9-12)16-17-6-8-23-16/h2-9H,10H2,1H3. The van der Waals surface area contributed by atoms with Crippen molar-refractivity contribution in [2.45, 2.75) is 13.5 Å². The van der Waals surface area contributed by atoms with Gasteiger partial charge in [0, 0.05) is 35.8 Å². The van der Waals surface area contributed by atoms with E-state index in [0.29, 0.717) is 18.3 Å². The molecule has 0 saturated heterocycles. The molecule has 0 radical (unpaired) electrons. The summed E-state index contributed by atoms with van der Waals surface area (Å²) >= 11 is 1.63. The summed E-state index contributed by atoms with van der Waals surface area (Å²) in [6.45, 7) is 2.26. The highest BCUT2D eigenvalue weighted by molar-refractivity contribution is 7.13. The second-order valence-electron chi connectivity index (χ2n) is 5.05. The molecule has 0 atom stereocenters. The van der Waals surface area contributed by atoms with Crippen molar-refractivity contribution in [2.24, 2.45) is 0 Å². The summed E-state index contributed by atoms with van der Waals surface area (Å²) in [6.07, 6.45) is 3.73. The minimum Gasteiger partial charge on any atom is -0.340 e. The van der Waals surface area contributed by atoms with E-state index in [1.807, 2.05) is 36.0 Å². The van der Waals surface area contributed by atoms with Crippen LogP contribution in [0.1, 0.15) is 11.7 Å². The zero-order valence-electron chi connectivity index (χ0n) is 12.4. The molecule has 0 bridgehead atoms. The minimum absolute atomic E-state index is 0.490. The normalized spacial score (nSPS) is 11.0. The predicted octanol–water partition coefficient (Wildman–Crippen LogP) is 3.41. The highest BCUT2D eigenvalue weighted by Crippen LogP contribution is 2.26. The molecule has 3 aromatic heterocycles. The van der Waals surface area contributed by atoms with Gasteiger partial charge in [0.05, 0.1) is 5.69 Å². The fourth-order valence-electron chi connectivity index (χ4n) is 2.33. The first-order valence-electron chi connectivity index (χ1n) is 7.11. The molecule has 114 valence electrons. The lowest BCUT2D eigenvalue weighted by Gasteiger charge is -2.01. The van der Waals surface area contributed by atoms with Crippen molar-refractivity contribution in [2.75, 3.05) is 0 Å². The number of rotatable bonds is 4. The van der Waals surface area contributed by atoms with Crippen LogP contribution in [0.3, 0.4) is 0 Å². The number of benzene rings is 1. The fourth-order valence-corrected chi connectivity index (χ4v) is 2.97. The summed E-state index contributed by atoms with van der Waals surface area (Å²) in [4.78, 5) is 8.54. The summed E-state index contributed by atoms with van der Waals surface area (Å²) in [5.74, 6) is 1.18. The van der Waals surface area contributed by atoms with Gasteiger partial charge in [-0.3, -0.25) is 4.68 Å². The maximum absolute atomic E-state index is 4.98. The van der Waals surface area contributed by atoms with Gasteiger partial charge >= 0.3 is 0 Å². The van der Waals surface area contributed by atoms with E-state index in [-0.39, 0.29) is 0 Å². The van der Waals surface area contributed by atoms with Crippen molar-refractivity contribution in [3.05, 3.63) is 59.8 Å². The highest BCUT2D eigenvalue weighted by Gasteiger charge is 2.08. The van der Waals surface area contributed by atoms with Gasteiger partial charge < -0.3 is 4.52 Å². The third kappa shape index (κ3) is 2.91. The lowest BCUT2D eigenvalue weighted by molar-refractivity contribution is 0.385. The first-order chi connectivity index (χ1) is 11.3. The molecule has 4 rings (SSSR count). The molecule has 6 nitrogen and oxygen atoms in total. The van der Waals surface area contributed by atoms with E-state index < -0.39 is 0 Å². The Hall–Kier alpha value is -2.80. The van der Waals surface area contributed by atoms with Crippen LogP contribution in [0.25, 0.3) is 21.8 Å². The van der Waals surface area contributed by atoms with Gasteiger partial charge in [0.1, 0.15) is 11.6 Å². The van der Waals surface area contributed by atoms with Gasteiger partial charge in [0.25, 0.3) is 0 Å². The average Bonchev–Trinajstić information content (AvgIpc) is 3.30. The van der Waals surface area contributed by atoms with Crippen LogP contribution in [0.15, 0.2) is 52.6 Å². The maximum Gasteiger partial charge on any atom is 0.223 e. The van der Waals surface area contributed by atoms with Crippen molar-refractivity contribution >= 4 is 11.3 Å². The van der Waals surface area contributed by atoms with E-state index in [2.05, 4.69) is 32.4 Å². The molecule has 0 aliphatic carbocycles. The van der Waals surface area contributed by atoms with E-state index in [1.165, 1.54) is 0 Å². The maximum atomic E-state index is 4.98. The lowest BCUT2D eigenvalue weighted by Crippen LogP contribution is -2.02. The first-order valence-corrected chi connectivity index (χ1v) is 7.99. The molecule has 0 fully saturated rings. The molecule has 0 aliphatic heterocycles. The van der Waals surface area contributed by atoms with Crippen molar-refractivity contribution in [1.29, 1.82) is 0 Å². The molecule has 0 aliphatic rings. The largest absolute Gasteiger partial charge is 0.340 e. The topological polar surface area (TPSA) is 69.6 Å². The second kappa shape index (κ2) is 5.77. The van der Waals surface area contributed by atoms with Crippen LogP contribution in [0.2, 0.25) is 0 Å². The van der Waals surface area contributed by atoms with Crippen LogP contribution in [0, 0.1) is 6.92 Å². The molecule has 23 heavy (non-hydrogen) atoms. The van der Waals surface area contributed by atoms with E-state index in [9.17, 15) is 0 Å². The number of aryl methyl sites for hydroxylation is 1. The van der Waals surface area contributed by atoms with Crippen molar-refractivity contribution < 1.29 is 4.52 Å². The number of thiazole rings is 1. The van der Waals surface area contributed by atoms with Gasteiger partial charge in [-0.05, 0) is 12.1 Å². The molecule has 0 unspecified atom stereocenters. The zero-order valence-corrected chi connectivity index (χ0v) is 13.2. The Balaban J connectivity index is 1.60. The number of hydrogen-bond donors (Lipinski definition) is 0. The molecule has 0 saturated carbocycles. The second-order valence-corrected chi connectivity index (χ2v) is 5.94. The first kappa shape index (κ1) is 13.8. The third-order valence-electron chi connectivity index (χ3n) is 3.35. The summed E-state index contributed by atoms with van der Waals surface area (Å²) in [5, 5.41) is 11.5. The van der Waals surface area contributed by atoms with Crippen LogP contribution in [0.4, 0.5) is 0 Å². The van der Waals surface area contributed by atoms with Gasteiger partial charge in [0.15, 0.2) is 5.82 Å². The SMILES string of the molecule is Cc1nc(Cn2ccc(-c3cccc(-c4nccs4)c3)n2)no1. The molecule has 0 N–H and O–H groups in total. The molecular weight excluding hydrogens is 310 g/mol. The van der Waals surface area contributed by atoms with Crippen LogP contribution >= 0.6 is 11.3 Å². The Morgan fingerprint density at radius 1 is 1.22 bits per heavy atom. The Bertz CT molecular complexity index is 926. The molecule has 7 heteroatoms. The van der Waals surface area contributed by atoms with Crippen LogP contribution in [-0.2, 0) is 6.54 Å². The molecule has 0 amide bonds. The Morgan fingerprint density at radius 3 is 2.91 bits per heavy atom. The average molecular weight is 323 g/mol. The molecular formula is C16H13N5OS. The number of aromatic nitrogens is 5. The van der Waals surface area contributed by atoms with Crippen molar-refractivity contribution in [3.8, 4) is 21.8 Å². The van der Waals surface area contributed by atoms with Gasteiger partial charge in [-0.2, -0.15) is 10.1 Å². The monoisotopic (exact) mass is 323 g/mol. The number of nitrogens with zero attached hydrogens (tertiary/aromatic N) is 5. The van der Waals surface area contributed by atoms with Crippen molar-refractivity contribution in [3.63, 3.8) is 0 Å². The summed E-state index contributed by atoms with van der Waals surface area (Å²) in [7, 11) is 0. The van der Waals surface area contributed by atoms with E-state index in [0.717, 1.165) is 21.8 Å². The Kier molecular flexibility index (Phi) is 3.47. The van der Waals surface area contributed by atoms with Gasteiger partial charge in [-0.1, -0.05) is 23.4 Å². The fraction of sp³-hybridized carbons (Fsp3) is 0.125. The van der Waals surface area contributed by atoms with Gasteiger partial charge in [-0.25, -0.2) is 4.98 Å². The van der Waals surface area contributed by atoms with Crippen LogP contribution < -0.4 is 0 Å². The summed E-state index contributed by atoms with van der Waals surface area (Å²) in [5.41, 5.74) is 3.06. The quantitative estimate of drug-likeness (QED) is 0.575. The van der Waals surface area contributed by atoms with Gasteiger partial charge in [-0.15, -0.1) is 11.3 Å². The third-order valence-corrected chi connectivity index (χ3v) is 4.17. The molecule has 0 spiro atoms.